The monoisotopic (exact) mass is 459 g/mol. The highest BCUT2D eigenvalue weighted by Crippen LogP contribution is 2.21. The highest BCUT2D eigenvalue weighted by Gasteiger charge is 2.22. The lowest BCUT2D eigenvalue weighted by Crippen LogP contribution is -2.54. The number of aryl methyl sites for hydroxylation is 2. The number of hydrogen-bond donors (Lipinski definition) is 2. The Labute approximate surface area is 199 Å². The first-order chi connectivity index (χ1) is 16.5. The van der Waals surface area contributed by atoms with Crippen molar-refractivity contribution in [2.75, 3.05) is 43.5 Å². The standard InChI is InChI=1S/C25H29N7O2/c1-18-17-19(2)27-23(26-18)29-24(30-25(33)28-20-7-5-4-6-8-20)32-15-13-31(14-16-32)21-9-11-22(34-3)12-10-21/h4-12,17H,13-16H2,1-3H3,(H2,26,27,28,29,30,33). The van der Waals surface area contributed by atoms with Crippen LogP contribution in [0.3, 0.4) is 0 Å². The van der Waals surface area contributed by atoms with Crippen molar-refractivity contribution < 1.29 is 9.53 Å². The zero-order valence-corrected chi connectivity index (χ0v) is 19.7. The molecule has 0 aliphatic carbocycles. The van der Waals surface area contributed by atoms with Crippen molar-refractivity contribution in [2.24, 2.45) is 4.99 Å². The Bertz CT molecular complexity index is 1120. The van der Waals surface area contributed by atoms with Gasteiger partial charge in [-0.2, -0.15) is 4.99 Å². The van der Waals surface area contributed by atoms with E-state index in [1.807, 2.05) is 67.3 Å². The second-order valence-corrected chi connectivity index (χ2v) is 8.00. The van der Waals surface area contributed by atoms with E-state index in [9.17, 15) is 4.79 Å². The van der Waals surface area contributed by atoms with Crippen LogP contribution in [0.15, 0.2) is 65.7 Å². The van der Waals surface area contributed by atoms with Crippen LogP contribution < -0.4 is 20.3 Å². The molecule has 3 aromatic rings. The Morgan fingerprint density at radius 3 is 2.21 bits per heavy atom. The lowest BCUT2D eigenvalue weighted by atomic mass is 10.2. The minimum atomic E-state index is -0.369. The number of amides is 2. The molecule has 2 amide bonds. The zero-order chi connectivity index (χ0) is 23.9. The number of anilines is 2. The van der Waals surface area contributed by atoms with Crippen LogP contribution >= 0.6 is 0 Å². The SMILES string of the molecule is COc1ccc(N2CCN(/C(=N/c3nc(C)cc(C)n3)NC(=O)Nc3ccccc3)CC2)cc1. The molecule has 4 rings (SSSR count). The molecule has 0 spiro atoms. The summed E-state index contributed by atoms with van der Waals surface area (Å²) in [6, 6.07) is 18.8. The fourth-order valence-electron chi connectivity index (χ4n) is 3.78. The predicted molar refractivity (Wildman–Crippen MR) is 134 cm³/mol. The van der Waals surface area contributed by atoms with Crippen molar-refractivity contribution in [2.45, 2.75) is 13.8 Å². The Hall–Kier alpha value is -4.14. The minimum Gasteiger partial charge on any atom is -0.497 e. The molecule has 0 bridgehead atoms. The Kier molecular flexibility index (Phi) is 7.22. The van der Waals surface area contributed by atoms with Gasteiger partial charge in [0.15, 0.2) is 0 Å². The van der Waals surface area contributed by atoms with Crippen LogP contribution in [0.4, 0.5) is 22.1 Å². The Balaban J connectivity index is 1.50. The number of carbonyl (C=O) groups excluding carboxylic acids is 1. The summed E-state index contributed by atoms with van der Waals surface area (Å²) in [6.45, 7) is 6.72. The molecule has 1 aromatic heterocycles. The first-order valence-corrected chi connectivity index (χ1v) is 11.2. The molecule has 0 unspecified atom stereocenters. The van der Waals surface area contributed by atoms with E-state index in [0.29, 0.717) is 30.7 Å². The third kappa shape index (κ3) is 6.00. The predicted octanol–water partition coefficient (Wildman–Crippen LogP) is 3.73. The van der Waals surface area contributed by atoms with Crippen LogP contribution in [0.1, 0.15) is 11.4 Å². The van der Waals surface area contributed by atoms with Crippen molar-refractivity contribution in [3.63, 3.8) is 0 Å². The molecule has 0 atom stereocenters. The Morgan fingerprint density at radius 2 is 1.59 bits per heavy atom. The van der Waals surface area contributed by atoms with Gasteiger partial charge in [-0.25, -0.2) is 14.8 Å². The van der Waals surface area contributed by atoms with E-state index in [4.69, 9.17) is 4.74 Å². The molecule has 9 heteroatoms. The number of aromatic nitrogens is 2. The molecule has 9 nitrogen and oxygen atoms in total. The van der Waals surface area contributed by atoms with Gasteiger partial charge in [0, 0.05) is 48.9 Å². The van der Waals surface area contributed by atoms with Crippen molar-refractivity contribution in [3.8, 4) is 5.75 Å². The average molecular weight is 460 g/mol. The van der Waals surface area contributed by atoms with Crippen molar-refractivity contribution in [1.29, 1.82) is 0 Å². The normalized spacial score (nSPS) is 14.0. The summed E-state index contributed by atoms with van der Waals surface area (Å²) in [5, 5.41) is 5.75. The van der Waals surface area contributed by atoms with Crippen LogP contribution in [0.25, 0.3) is 0 Å². The van der Waals surface area contributed by atoms with Crippen molar-refractivity contribution in [3.05, 3.63) is 72.1 Å². The van der Waals surface area contributed by atoms with E-state index in [1.165, 1.54) is 0 Å². The van der Waals surface area contributed by atoms with E-state index < -0.39 is 0 Å². The van der Waals surface area contributed by atoms with Crippen LogP contribution in [0.2, 0.25) is 0 Å². The second-order valence-electron chi connectivity index (χ2n) is 8.00. The molecular weight excluding hydrogens is 430 g/mol. The number of piperazine rings is 1. The van der Waals surface area contributed by atoms with Gasteiger partial charge in [-0.1, -0.05) is 18.2 Å². The number of nitrogens with one attached hydrogen (secondary N) is 2. The van der Waals surface area contributed by atoms with Gasteiger partial charge >= 0.3 is 6.03 Å². The summed E-state index contributed by atoms with van der Waals surface area (Å²) in [5.41, 5.74) is 3.48. The number of benzene rings is 2. The highest BCUT2D eigenvalue weighted by molar-refractivity contribution is 6.03. The molecule has 1 aliphatic rings. The summed E-state index contributed by atoms with van der Waals surface area (Å²) >= 11 is 0. The number of rotatable bonds is 4. The van der Waals surface area contributed by atoms with E-state index in [2.05, 4.69) is 42.6 Å². The molecule has 2 N–H and O–H groups in total. The number of para-hydroxylation sites is 1. The molecule has 1 saturated heterocycles. The van der Waals surface area contributed by atoms with Gasteiger partial charge < -0.3 is 19.9 Å². The summed E-state index contributed by atoms with van der Waals surface area (Å²) in [6.07, 6.45) is 0. The molecule has 0 saturated carbocycles. The third-order valence-electron chi connectivity index (χ3n) is 5.45. The van der Waals surface area contributed by atoms with Gasteiger partial charge in [0.05, 0.1) is 7.11 Å². The summed E-state index contributed by atoms with van der Waals surface area (Å²) in [4.78, 5) is 30.5. The summed E-state index contributed by atoms with van der Waals surface area (Å²) < 4.78 is 5.26. The van der Waals surface area contributed by atoms with Gasteiger partial charge in [0.1, 0.15) is 5.75 Å². The lowest BCUT2D eigenvalue weighted by molar-refractivity contribution is 0.254. The number of urea groups is 1. The maximum absolute atomic E-state index is 12.7. The van der Waals surface area contributed by atoms with Gasteiger partial charge in [-0.3, -0.25) is 5.32 Å². The molecule has 2 heterocycles. The van der Waals surface area contributed by atoms with Crippen LogP contribution in [-0.4, -0.2) is 60.1 Å². The third-order valence-corrected chi connectivity index (χ3v) is 5.45. The largest absolute Gasteiger partial charge is 0.497 e. The highest BCUT2D eigenvalue weighted by atomic mass is 16.5. The average Bonchev–Trinajstić information content (AvgIpc) is 2.84. The van der Waals surface area contributed by atoms with Gasteiger partial charge in [0.2, 0.25) is 5.96 Å². The molecule has 0 radical (unpaired) electrons. The lowest BCUT2D eigenvalue weighted by Gasteiger charge is -2.37. The number of hydrogen-bond acceptors (Lipinski definition) is 6. The fraction of sp³-hybridized carbons (Fsp3) is 0.280. The van der Waals surface area contributed by atoms with Crippen LogP contribution in [-0.2, 0) is 0 Å². The number of nitrogens with zero attached hydrogens (tertiary/aromatic N) is 5. The molecule has 2 aromatic carbocycles. The minimum absolute atomic E-state index is 0.324. The van der Waals surface area contributed by atoms with E-state index >= 15 is 0 Å². The molecular formula is C25H29N7O2. The van der Waals surface area contributed by atoms with Crippen molar-refractivity contribution >= 4 is 29.3 Å². The molecule has 34 heavy (non-hydrogen) atoms. The second kappa shape index (κ2) is 10.7. The maximum atomic E-state index is 12.7. The van der Waals surface area contributed by atoms with E-state index in [-0.39, 0.29) is 6.03 Å². The summed E-state index contributed by atoms with van der Waals surface area (Å²) in [7, 11) is 1.66. The first-order valence-electron chi connectivity index (χ1n) is 11.2. The van der Waals surface area contributed by atoms with Gasteiger partial charge in [0.25, 0.3) is 5.95 Å². The van der Waals surface area contributed by atoms with Gasteiger partial charge in [-0.05, 0) is 56.3 Å². The summed E-state index contributed by atoms with van der Waals surface area (Å²) in [5.74, 6) is 1.58. The fourth-order valence-corrected chi connectivity index (χ4v) is 3.78. The van der Waals surface area contributed by atoms with Crippen LogP contribution in [0.5, 0.6) is 5.75 Å². The maximum Gasteiger partial charge on any atom is 0.326 e. The molecule has 1 aliphatic heterocycles. The van der Waals surface area contributed by atoms with E-state index in [0.717, 1.165) is 35.9 Å². The Morgan fingerprint density at radius 1 is 0.941 bits per heavy atom. The molecule has 1 fully saturated rings. The number of aliphatic imine (C=N–C) groups is 1. The van der Waals surface area contributed by atoms with E-state index in [1.54, 1.807) is 7.11 Å². The smallest absolute Gasteiger partial charge is 0.326 e. The zero-order valence-electron chi connectivity index (χ0n) is 19.7. The van der Waals surface area contributed by atoms with Crippen LogP contribution in [0, 0.1) is 13.8 Å². The molecule has 176 valence electrons. The number of guanidine groups is 1. The number of carbonyl (C=O) groups is 1. The number of ether oxygens (including phenoxy) is 1. The van der Waals surface area contributed by atoms with Gasteiger partial charge in [-0.15, -0.1) is 0 Å². The first kappa shape index (κ1) is 23.0. The topological polar surface area (TPSA) is 95.0 Å². The quantitative estimate of drug-likeness (QED) is 0.456. The number of methoxy groups -OCH3 is 1. The van der Waals surface area contributed by atoms with Crippen molar-refractivity contribution in [1.82, 2.24) is 20.2 Å².